The second-order valence-corrected chi connectivity index (χ2v) is 8.48. The van der Waals surface area contributed by atoms with Crippen LogP contribution < -0.4 is 5.32 Å². The molecule has 3 heterocycles. The summed E-state index contributed by atoms with van der Waals surface area (Å²) in [5.41, 5.74) is -0.665. The van der Waals surface area contributed by atoms with Gasteiger partial charge in [0.1, 0.15) is 5.82 Å². The molecule has 1 unspecified atom stereocenters. The maximum atomic E-state index is 14.5. The molecule has 35 heavy (non-hydrogen) atoms. The molecule has 3 aromatic rings. The summed E-state index contributed by atoms with van der Waals surface area (Å²) < 4.78 is 72.8. The number of aryl methyl sites for hydroxylation is 1. The third kappa shape index (κ3) is 5.41. The van der Waals surface area contributed by atoms with Crippen molar-refractivity contribution in [3.63, 3.8) is 0 Å². The maximum Gasteiger partial charge on any atom is 0.434 e. The van der Waals surface area contributed by atoms with Crippen LogP contribution in [0.2, 0.25) is 0 Å². The van der Waals surface area contributed by atoms with E-state index in [1.807, 2.05) is 0 Å². The van der Waals surface area contributed by atoms with Crippen molar-refractivity contribution in [3.8, 4) is 11.3 Å². The van der Waals surface area contributed by atoms with Crippen molar-refractivity contribution in [2.45, 2.75) is 38.4 Å². The Bertz CT molecular complexity index is 1180. The Morgan fingerprint density at radius 1 is 1.20 bits per heavy atom. The second-order valence-electron chi connectivity index (χ2n) is 8.48. The molecule has 0 saturated carbocycles. The van der Waals surface area contributed by atoms with E-state index in [2.05, 4.69) is 20.3 Å². The van der Waals surface area contributed by atoms with Crippen molar-refractivity contribution in [2.75, 3.05) is 18.4 Å². The van der Waals surface area contributed by atoms with Crippen LogP contribution in [0.25, 0.3) is 11.3 Å². The molecule has 1 amide bonds. The lowest BCUT2D eigenvalue weighted by molar-refractivity contribution is -0.141. The SMILES string of the molecule is Cc1nc(C(=O)N2CC(F)(F)C[C@@H](C)C2CNc2cnc(C(F)(F)F)cn2)c(-c2ccccc2)o1. The normalized spacial score (nSPS) is 20.0. The van der Waals surface area contributed by atoms with E-state index in [1.165, 1.54) is 0 Å². The van der Waals surface area contributed by atoms with Gasteiger partial charge in [-0.25, -0.2) is 23.7 Å². The van der Waals surface area contributed by atoms with Crippen LogP contribution in [0.15, 0.2) is 47.1 Å². The number of rotatable bonds is 5. The Labute approximate surface area is 197 Å². The number of halogens is 5. The standard InChI is InChI=1S/C23H22F5N5O2/c1-13-8-22(24,25)12-33(16(13)9-30-18-11-29-17(10-31-18)23(26,27)28)21(34)19-20(35-14(2)32-19)15-6-4-3-5-7-15/h3-7,10-11,13,16H,8-9,12H2,1-2H3,(H,30,31)/t13-,16?/m1/s1. The summed E-state index contributed by atoms with van der Waals surface area (Å²) >= 11 is 0. The third-order valence-corrected chi connectivity index (χ3v) is 5.75. The van der Waals surface area contributed by atoms with E-state index in [0.717, 1.165) is 11.1 Å². The van der Waals surface area contributed by atoms with E-state index in [9.17, 15) is 26.7 Å². The molecule has 12 heteroatoms. The molecule has 1 fully saturated rings. The zero-order valence-electron chi connectivity index (χ0n) is 18.8. The number of nitrogens with zero attached hydrogens (tertiary/aromatic N) is 4. The number of amides is 1. The molecule has 1 aliphatic heterocycles. The number of benzene rings is 1. The number of piperidine rings is 1. The first-order chi connectivity index (χ1) is 16.4. The van der Waals surface area contributed by atoms with Gasteiger partial charge in [-0.2, -0.15) is 13.2 Å². The third-order valence-electron chi connectivity index (χ3n) is 5.75. The largest absolute Gasteiger partial charge is 0.440 e. The molecule has 1 aliphatic rings. The van der Waals surface area contributed by atoms with Gasteiger partial charge in [0.15, 0.2) is 23.0 Å². The Kier molecular flexibility index (Phi) is 6.48. The molecule has 4 rings (SSSR count). The fourth-order valence-corrected chi connectivity index (χ4v) is 4.15. The second kappa shape index (κ2) is 9.23. The minimum Gasteiger partial charge on any atom is -0.440 e. The highest BCUT2D eigenvalue weighted by Gasteiger charge is 2.47. The van der Waals surface area contributed by atoms with Crippen molar-refractivity contribution in [2.24, 2.45) is 5.92 Å². The van der Waals surface area contributed by atoms with E-state index < -0.39 is 48.6 Å². The molecule has 2 aromatic heterocycles. The number of oxazole rings is 1. The number of hydrogen-bond donors (Lipinski definition) is 1. The number of anilines is 1. The average Bonchev–Trinajstić information content (AvgIpc) is 3.19. The van der Waals surface area contributed by atoms with Crippen LogP contribution in [0, 0.1) is 12.8 Å². The van der Waals surface area contributed by atoms with Crippen molar-refractivity contribution >= 4 is 11.7 Å². The Morgan fingerprint density at radius 3 is 2.54 bits per heavy atom. The van der Waals surface area contributed by atoms with Gasteiger partial charge in [-0.05, 0) is 5.92 Å². The molecule has 1 saturated heterocycles. The number of carbonyl (C=O) groups excluding carboxylic acids is 1. The summed E-state index contributed by atoms with van der Waals surface area (Å²) in [7, 11) is 0. The van der Waals surface area contributed by atoms with Crippen LogP contribution in [-0.2, 0) is 6.18 Å². The average molecular weight is 495 g/mol. The van der Waals surface area contributed by atoms with E-state index in [-0.39, 0.29) is 29.7 Å². The van der Waals surface area contributed by atoms with E-state index in [0.29, 0.717) is 11.8 Å². The highest BCUT2D eigenvalue weighted by molar-refractivity contribution is 5.98. The first-order valence-electron chi connectivity index (χ1n) is 10.8. The zero-order chi connectivity index (χ0) is 25.4. The molecule has 0 spiro atoms. The van der Waals surface area contributed by atoms with Gasteiger partial charge >= 0.3 is 6.18 Å². The summed E-state index contributed by atoms with van der Waals surface area (Å²) in [5.74, 6) is -4.07. The van der Waals surface area contributed by atoms with E-state index >= 15 is 0 Å². The Morgan fingerprint density at radius 2 is 1.91 bits per heavy atom. The molecular weight excluding hydrogens is 473 g/mol. The van der Waals surface area contributed by atoms with Gasteiger partial charge in [0.2, 0.25) is 0 Å². The summed E-state index contributed by atoms with van der Waals surface area (Å²) in [6.07, 6.45) is -3.60. The van der Waals surface area contributed by atoms with E-state index in [1.54, 1.807) is 44.2 Å². The van der Waals surface area contributed by atoms with Crippen LogP contribution in [0.5, 0.6) is 0 Å². The number of likely N-dealkylation sites (tertiary alicyclic amines) is 1. The predicted molar refractivity (Wildman–Crippen MR) is 116 cm³/mol. The lowest BCUT2D eigenvalue weighted by Gasteiger charge is -2.43. The smallest absolute Gasteiger partial charge is 0.434 e. The summed E-state index contributed by atoms with van der Waals surface area (Å²) in [4.78, 5) is 25.7. The molecule has 0 bridgehead atoms. The number of aromatic nitrogens is 3. The number of hydrogen-bond acceptors (Lipinski definition) is 6. The highest BCUT2D eigenvalue weighted by atomic mass is 19.4. The first kappa shape index (κ1) is 24.6. The fourth-order valence-electron chi connectivity index (χ4n) is 4.15. The van der Waals surface area contributed by atoms with Crippen LogP contribution in [0.3, 0.4) is 0 Å². The molecule has 7 nitrogen and oxygen atoms in total. The van der Waals surface area contributed by atoms with E-state index in [4.69, 9.17) is 4.42 Å². The van der Waals surface area contributed by atoms with Gasteiger partial charge in [-0.3, -0.25) is 4.79 Å². The molecule has 1 aromatic carbocycles. The van der Waals surface area contributed by atoms with Gasteiger partial charge in [0, 0.05) is 25.5 Å². The highest BCUT2D eigenvalue weighted by Crippen LogP contribution is 2.36. The number of carbonyl (C=O) groups is 1. The maximum absolute atomic E-state index is 14.5. The first-order valence-corrected chi connectivity index (χ1v) is 10.8. The zero-order valence-corrected chi connectivity index (χ0v) is 18.8. The minimum absolute atomic E-state index is 0.0252. The van der Waals surface area contributed by atoms with Crippen molar-refractivity contribution in [1.82, 2.24) is 19.9 Å². The summed E-state index contributed by atoms with van der Waals surface area (Å²) in [5, 5.41) is 2.82. The van der Waals surface area contributed by atoms with Crippen LogP contribution in [0.1, 0.15) is 35.4 Å². The topological polar surface area (TPSA) is 84.2 Å². The van der Waals surface area contributed by atoms with Crippen molar-refractivity contribution in [1.29, 1.82) is 0 Å². The fraction of sp³-hybridized carbons (Fsp3) is 0.391. The minimum atomic E-state index is -4.63. The Hall–Kier alpha value is -3.57. The van der Waals surface area contributed by atoms with Gasteiger partial charge in [-0.1, -0.05) is 37.3 Å². The van der Waals surface area contributed by atoms with Crippen molar-refractivity contribution < 1.29 is 31.2 Å². The predicted octanol–water partition coefficient (Wildman–Crippen LogP) is 5.06. The molecular formula is C23H22F5N5O2. The number of alkyl halides is 5. The quantitative estimate of drug-likeness (QED) is 0.499. The molecule has 2 atom stereocenters. The summed E-state index contributed by atoms with van der Waals surface area (Å²) in [6, 6.07) is 7.99. The van der Waals surface area contributed by atoms with Crippen LogP contribution in [-0.4, -0.2) is 50.8 Å². The molecule has 0 radical (unpaired) electrons. The van der Waals surface area contributed by atoms with Gasteiger partial charge in [0.05, 0.1) is 25.0 Å². The molecule has 1 N–H and O–H groups in total. The molecule has 186 valence electrons. The van der Waals surface area contributed by atoms with Gasteiger partial charge in [0.25, 0.3) is 11.8 Å². The van der Waals surface area contributed by atoms with Crippen LogP contribution in [0.4, 0.5) is 27.8 Å². The van der Waals surface area contributed by atoms with Gasteiger partial charge < -0.3 is 14.6 Å². The monoisotopic (exact) mass is 495 g/mol. The Balaban J connectivity index is 1.60. The summed E-state index contributed by atoms with van der Waals surface area (Å²) in [6.45, 7) is 2.28. The van der Waals surface area contributed by atoms with Crippen LogP contribution >= 0.6 is 0 Å². The lowest BCUT2D eigenvalue weighted by atomic mass is 9.88. The van der Waals surface area contributed by atoms with Gasteiger partial charge in [-0.15, -0.1) is 0 Å². The number of nitrogens with one attached hydrogen (secondary N) is 1. The molecule has 0 aliphatic carbocycles. The van der Waals surface area contributed by atoms with Crippen molar-refractivity contribution in [3.05, 3.63) is 60.0 Å². The lowest BCUT2D eigenvalue weighted by Crippen LogP contribution is -2.57.